The normalized spacial score (nSPS) is 31.6. The number of anilines is 1. The summed E-state index contributed by atoms with van der Waals surface area (Å²) in [4.78, 5) is 0.599. The topological polar surface area (TPSA) is 52.3 Å². The first-order valence-electron chi connectivity index (χ1n) is 6.78. The third-order valence-electron chi connectivity index (χ3n) is 4.02. The highest BCUT2D eigenvalue weighted by molar-refractivity contribution is 7.99. The second-order valence-corrected chi connectivity index (χ2v) is 8.59. The summed E-state index contributed by atoms with van der Waals surface area (Å²) in [5, 5.41) is 0.592. The van der Waals surface area contributed by atoms with Crippen LogP contribution in [-0.4, -0.2) is 33.2 Å². The van der Waals surface area contributed by atoms with Crippen LogP contribution in [0.5, 0.6) is 0 Å². The van der Waals surface area contributed by atoms with Gasteiger partial charge >= 0.3 is 0 Å². The van der Waals surface area contributed by atoms with Crippen LogP contribution in [0.2, 0.25) is 5.02 Å². The van der Waals surface area contributed by atoms with Gasteiger partial charge in [-0.05, 0) is 37.1 Å². The Balaban J connectivity index is 1.83. The highest BCUT2D eigenvalue weighted by atomic mass is 35.5. The SMILES string of the molecule is Nc1cccc(Cl)c1S(=O)C1CCOC2(CCSC2)C1. The summed E-state index contributed by atoms with van der Waals surface area (Å²) < 4.78 is 18.8. The van der Waals surface area contributed by atoms with Crippen LogP contribution in [0, 0.1) is 0 Å². The van der Waals surface area contributed by atoms with Crippen molar-refractivity contribution in [2.45, 2.75) is 35.0 Å². The number of hydrogen-bond acceptors (Lipinski definition) is 4. The molecule has 20 heavy (non-hydrogen) atoms. The summed E-state index contributed by atoms with van der Waals surface area (Å²) in [6.45, 7) is 0.682. The monoisotopic (exact) mass is 331 g/mol. The van der Waals surface area contributed by atoms with Gasteiger partial charge in [0.25, 0.3) is 0 Å². The van der Waals surface area contributed by atoms with Crippen LogP contribution >= 0.6 is 23.4 Å². The summed E-state index contributed by atoms with van der Waals surface area (Å²) in [7, 11) is -1.16. The van der Waals surface area contributed by atoms with Crippen molar-refractivity contribution in [2.75, 3.05) is 23.8 Å². The maximum absolute atomic E-state index is 12.9. The maximum Gasteiger partial charge on any atom is 0.0806 e. The van der Waals surface area contributed by atoms with E-state index in [1.807, 2.05) is 11.8 Å². The van der Waals surface area contributed by atoms with Crippen molar-refractivity contribution in [3.05, 3.63) is 23.2 Å². The lowest BCUT2D eigenvalue weighted by atomic mass is 9.93. The number of hydrogen-bond donors (Lipinski definition) is 1. The summed E-state index contributed by atoms with van der Waals surface area (Å²) in [6, 6.07) is 5.31. The molecule has 0 bridgehead atoms. The third-order valence-corrected chi connectivity index (χ3v) is 7.53. The van der Waals surface area contributed by atoms with Crippen molar-refractivity contribution in [3.63, 3.8) is 0 Å². The average Bonchev–Trinajstić information content (AvgIpc) is 2.86. The van der Waals surface area contributed by atoms with E-state index in [0.29, 0.717) is 22.2 Å². The molecule has 2 aliphatic heterocycles. The highest BCUT2D eigenvalue weighted by Gasteiger charge is 2.42. The molecule has 0 aliphatic carbocycles. The van der Waals surface area contributed by atoms with Gasteiger partial charge in [-0.3, -0.25) is 4.21 Å². The van der Waals surface area contributed by atoms with Crippen molar-refractivity contribution in [1.82, 2.24) is 0 Å². The Kier molecular flexibility index (Phi) is 4.32. The molecule has 1 aromatic rings. The van der Waals surface area contributed by atoms with Crippen LogP contribution in [0.25, 0.3) is 0 Å². The highest BCUT2D eigenvalue weighted by Crippen LogP contribution is 2.41. The zero-order valence-electron chi connectivity index (χ0n) is 11.1. The largest absolute Gasteiger partial charge is 0.398 e. The molecular weight excluding hydrogens is 314 g/mol. The van der Waals surface area contributed by atoms with Crippen LogP contribution in [0.15, 0.2) is 23.1 Å². The number of halogens is 1. The smallest absolute Gasteiger partial charge is 0.0806 e. The van der Waals surface area contributed by atoms with E-state index in [1.54, 1.807) is 18.2 Å². The number of nitrogen functional groups attached to an aromatic ring is 1. The lowest BCUT2D eigenvalue weighted by molar-refractivity contribution is -0.0567. The van der Waals surface area contributed by atoms with Crippen LogP contribution in [0.1, 0.15) is 19.3 Å². The second kappa shape index (κ2) is 5.87. The molecule has 110 valence electrons. The van der Waals surface area contributed by atoms with Crippen LogP contribution in [-0.2, 0) is 15.5 Å². The minimum atomic E-state index is -1.16. The Bertz CT molecular complexity index is 512. The van der Waals surface area contributed by atoms with Gasteiger partial charge in [0.2, 0.25) is 0 Å². The molecule has 0 saturated carbocycles. The molecule has 0 radical (unpaired) electrons. The van der Waals surface area contributed by atoms with E-state index < -0.39 is 10.8 Å². The quantitative estimate of drug-likeness (QED) is 0.846. The van der Waals surface area contributed by atoms with Crippen molar-refractivity contribution in [1.29, 1.82) is 0 Å². The van der Waals surface area contributed by atoms with E-state index in [0.717, 1.165) is 30.8 Å². The van der Waals surface area contributed by atoms with Crippen LogP contribution in [0.4, 0.5) is 5.69 Å². The Hall–Kier alpha value is -0.230. The van der Waals surface area contributed by atoms with Gasteiger partial charge in [0.05, 0.1) is 26.3 Å². The number of benzene rings is 1. The van der Waals surface area contributed by atoms with Crippen molar-refractivity contribution in [2.24, 2.45) is 0 Å². The Morgan fingerprint density at radius 1 is 1.50 bits per heavy atom. The first-order chi connectivity index (χ1) is 9.61. The Labute approximate surface area is 131 Å². The number of ether oxygens (including phenoxy) is 1. The summed E-state index contributed by atoms with van der Waals surface area (Å²) in [5.74, 6) is 2.15. The van der Waals surface area contributed by atoms with E-state index in [4.69, 9.17) is 22.1 Å². The van der Waals surface area contributed by atoms with Crippen LogP contribution in [0.3, 0.4) is 0 Å². The van der Waals surface area contributed by atoms with Crippen molar-refractivity contribution >= 4 is 39.8 Å². The Morgan fingerprint density at radius 2 is 2.35 bits per heavy atom. The average molecular weight is 332 g/mol. The number of thioether (sulfide) groups is 1. The predicted octanol–water partition coefficient (Wildman–Crippen LogP) is 3.08. The van der Waals surface area contributed by atoms with Gasteiger partial charge < -0.3 is 10.5 Å². The molecule has 3 rings (SSSR count). The molecule has 6 heteroatoms. The molecule has 0 amide bonds. The van der Waals surface area contributed by atoms with E-state index in [2.05, 4.69) is 0 Å². The van der Waals surface area contributed by atoms with Gasteiger partial charge in [-0.2, -0.15) is 11.8 Å². The predicted molar refractivity (Wildman–Crippen MR) is 85.9 cm³/mol. The lowest BCUT2D eigenvalue weighted by Crippen LogP contribution is -2.43. The zero-order valence-corrected chi connectivity index (χ0v) is 13.5. The fraction of sp³-hybridized carbons (Fsp3) is 0.571. The van der Waals surface area contributed by atoms with Gasteiger partial charge in [0.1, 0.15) is 0 Å². The molecule has 1 aromatic carbocycles. The minimum absolute atomic E-state index is 0.0702. The standard InChI is InChI=1S/C14H18ClNO2S2/c15-11-2-1-3-12(16)13(11)20(17)10-4-6-18-14(8-10)5-7-19-9-14/h1-3,10H,4-9,16H2. The van der Waals surface area contributed by atoms with Crippen molar-refractivity contribution < 1.29 is 8.95 Å². The lowest BCUT2D eigenvalue weighted by Gasteiger charge is -2.37. The summed E-state index contributed by atoms with van der Waals surface area (Å²) in [5.41, 5.74) is 6.42. The second-order valence-electron chi connectivity index (χ2n) is 5.40. The Morgan fingerprint density at radius 3 is 3.05 bits per heavy atom. The first-order valence-corrected chi connectivity index (χ1v) is 9.52. The molecule has 3 nitrogen and oxygen atoms in total. The third kappa shape index (κ3) is 2.73. The minimum Gasteiger partial charge on any atom is -0.398 e. The first kappa shape index (κ1) is 14.7. The van der Waals surface area contributed by atoms with E-state index >= 15 is 0 Å². The van der Waals surface area contributed by atoms with Gasteiger partial charge in [0.15, 0.2) is 0 Å². The van der Waals surface area contributed by atoms with Gasteiger partial charge in [-0.25, -0.2) is 0 Å². The summed E-state index contributed by atoms with van der Waals surface area (Å²) >= 11 is 8.11. The molecular formula is C14H18ClNO2S2. The molecule has 2 fully saturated rings. The number of rotatable bonds is 2. The molecule has 2 aliphatic rings. The van der Waals surface area contributed by atoms with Gasteiger partial charge in [-0.1, -0.05) is 17.7 Å². The van der Waals surface area contributed by atoms with E-state index in [-0.39, 0.29) is 10.9 Å². The molecule has 2 heterocycles. The van der Waals surface area contributed by atoms with Crippen molar-refractivity contribution in [3.8, 4) is 0 Å². The summed E-state index contributed by atoms with van der Waals surface area (Å²) in [6.07, 6.45) is 2.71. The van der Waals surface area contributed by atoms with Gasteiger partial charge in [-0.15, -0.1) is 0 Å². The molecule has 2 saturated heterocycles. The number of nitrogens with two attached hydrogens (primary N) is 1. The zero-order chi connectivity index (χ0) is 14.2. The molecule has 2 N–H and O–H groups in total. The maximum atomic E-state index is 12.9. The van der Waals surface area contributed by atoms with E-state index in [9.17, 15) is 4.21 Å². The van der Waals surface area contributed by atoms with Gasteiger partial charge in [0, 0.05) is 23.3 Å². The van der Waals surface area contributed by atoms with Crippen LogP contribution < -0.4 is 5.73 Å². The fourth-order valence-electron chi connectivity index (χ4n) is 2.93. The van der Waals surface area contributed by atoms with E-state index in [1.165, 1.54) is 0 Å². The molecule has 0 aromatic heterocycles. The molecule has 3 atom stereocenters. The molecule has 3 unspecified atom stereocenters. The fourth-order valence-corrected chi connectivity index (χ4v) is 6.38. The molecule has 1 spiro atoms.